The molecule has 0 atom stereocenters. The van der Waals surface area contributed by atoms with E-state index in [1.807, 2.05) is 0 Å². The highest BCUT2D eigenvalue weighted by atomic mass is 35.5. The van der Waals surface area contributed by atoms with Crippen LogP contribution in [-0.4, -0.2) is 10.8 Å². The Labute approximate surface area is 85.9 Å². The van der Waals surface area contributed by atoms with Crippen LogP contribution in [0.4, 0.5) is 0 Å². The Balaban J connectivity index is 3.50. The lowest BCUT2D eigenvalue weighted by Crippen LogP contribution is -2.09. The van der Waals surface area contributed by atoms with Crippen LogP contribution >= 0.6 is 23.2 Å². The minimum Gasteiger partial charge on any atom is -0.122 e. The van der Waals surface area contributed by atoms with E-state index in [1.54, 1.807) is 0 Å². The molecule has 0 aromatic carbocycles. The molecule has 0 saturated carbocycles. The maximum Gasteiger partial charge on any atom is 0.0406 e. The van der Waals surface area contributed by atoms with E-state index in [0.29, 0.717) is 5.88 Å². The first-order valence-corrected chi connectivity index (χ1v) is 5.27. The number of hydrogen-bond acceptors (Lipinski definition) is 0. The summed E-state index contributed by atoms with van der Waals surface area (Å²) in [5.74, 6) is 0.621. The lowest BCUT2D eigenvalue weighted by Gasteiger charge is -2.14. The largest absolute Gasteiger partial charge is 0.122 e. The van der Waals surface area contributed by atoms with Crippen molar-refractivity contribution in [2.45, 2.75) is 44.9 Å². The molecule has 0 aromatic heterocycles. The molecule has 0 spiro atoms. The topological polar surface area (TPSA) is 0 Å². The van der Waals surface area contributed by atoms with Gasteiger partial charge in [-0.15, -0.1) is 23.2 Å². The minimum atomic E-state index is -0.0543. The van der Waals surface area contributed by atoms with Gasteiger partial charge in [0.15, 0.2) is 0 Å². The summed E-state index contributed by atoms with van der Waals surface area (Å²) < 4.78 is 0. The summed E-state index contributed by atoms with van der Waals surface area (Å²) in [6, 6.07) is 0. The maximum atomic E-state index is 6.05. The fourth-order valence-corrected chi connectivity index (χ4v) is 1.42. The van der Waals surface area contributed by atoms with Gasteiger partial charge in [0.2, 0.25) is 0 Å². The van der Waals surface area contributed by atoms with Gasteiger partial charge in [-0.3, -0.25) is 0 Å². The van der Waals surface area contributed by atoms with Crippen molar-refractivity contribution < 1.29 is 0 Å². The third-order valence-electron chi connectivity index (χ3n) is 1.77. The smallest absolute Gasteiger partial charge is 0.0406 e. The minimum absolute atomic E-state index is 0.0543. The monoisotopic (exact) mass is 208 g/mol. The lowest BCUT2D eigenvalue weighted by molar-refractivity contribution is 0.590. The van der Waals surface area contributed by atoms with Crippen molar-refractivity contribution in [2.24, 2.45) is 0 Å². The third-order valence-corrected chi connectivity index (χ3v) is 2.11. The number of halogens is 2. The van der Waals surface area contributed by atoms with Crippen LogP contribution in [0.25, 0.3) is 0 Å². The summed E-state index contributed by atoms with van der Waals surface area (Å²) in [5, 5.41) is 0. The van der Waals surface area contributed by atoms with Crippen LogP contribution in [0, 0.1) is 0 Å². The van der Waals surface area contributed by atoms with Gasteiger partial charge in [-0.2, -0.15) is 0 Å². The zero-order valence-corrected chi connectivity index (χ0v) is 9.67. The van der Waals surface area contributed by atoms with Gasteiger partial charge in [0, 0.05) is 10.8 Å². The fraction of sp³-hybridized carbons (Fsp3) is 0.800. The molecule has 0 saturated heterocycles. The molecule has 2 heteroatoms. The van der Waals surface area contributed by atoms with Crippen LogP contribution in [0.15, 0.2) is 11.6 Å². The number of alkyl halides is 2. The zero-order valence-electron chi connectivity index (χ0n) is 8.16. The molecule has 0 fully saturated rings. The standard InChI is InChI=1S/C10H18Cl2/c1-9(6-8-11)5-4-7-10(2,3)12/h6H,4-5,7-8H2,1-3H3. The fourth-order valence-electron chi connectivity index (χ4n) is 1.02. The van der Waals surface area contributed by atoms with Gasteiger partial charge < -0.3 is 0 Å². The van der Waals surface area contributed by atoms with E-state index in [9.17, 15) is 0 Å². The van der Waals surface area contributed by atoms with E-state index in [1.165, 1.54) is 5.57 Å². The van der Waals surface area contributed by atoms with Crippen LogP contribution in [0.2, 0.25) is 0 Å². The SMILES string of the molecule is CC(=CCCl)CCCC(C)(C)Cl. The first-order valence-electron chi connectivity index (χ1n) is 4.36. The van der Waals surface area contributed by atoms with E-state index >= 15 is 0 Å². The van der Waals surface area contributed by atoms with Gasteiger partial charge in [-0.05, 0) is 40.0 Å². The number of hydrogen-bond donors (Lipinski definition) is 0. The summed E-state index contributed by atoms with van der Waals surface area (Å²) in [6.45, 7) is 6.22. The second-order valence-corrected chi connectivity index (χ2v) is 5.11. The molecule has 0 nitrogen and oxygen atoms in total. The summed E-state index contributed by atoms with van der Waals surface area (Å²) in [7, 11) is 0. The van der Waals surface area contributed by atoms with Crippen molar-refractivity contribution in [3.05, 3.63) is 11.6 Å². The van der Waals surface area contributed by atoms with E-state index in [0.717, 1.165) is 19.3 Å². The molecule has 12 heavy (non-hydrogen) atoms. The molecule has 0 bridgehead atoms. The highest BCUT2D eigenvalue weighted by molar-refractivity contribution is 6.23. The van der Waals surface area contributed by atoms with Gasteiger partial charge in [-0.25, -0.2) is 0 Å². The molecule has 0 heterocycles. The average Bonchev–Trinajstić information content (AvgIpc) is 1.84. The quantitative estimate of drug-likeness (QED) is 0.466. The van der Waals surface area contributed by atoms with E-state index in [2.05, 4.69) is 26.8 Å². The third kappa shape index (κ3) is 8.42. The summed E-state index contributed by atoms with van der Waals surface area (Å²) in [6.07, 6.45) is 5.38. The van der Waals surface area contributed by atoms with Crippen molar-refractivity contribution in [2.75, 3.05) is 5.88 Å². The van der Waals surface area contributed by atoms with Crippen LogP contribution in [0.5, 0.6) is 0 Å². The van der Waals surface area contributed by atoms with E-state index in [4.69, 9.17) is 23.2 Å². The van der Waals surface area contributed by atoms with Gasteiger partial charge in [0.1, 0.15) is 0 Å². The second-order valence-electron chi connectivity index (χ2n) is 3.78. The van der Waals surface area contributed by atoms with Crippen LogP contribution in [0.1, 0.15) is 40.0 Å². The molecule has 0 aliphatic rings. The van der Waals surface area contributed by atoms with Crippen LogP contribution in [-0.2, 0) is 0 Å². The Hall–Kier alpha value is 0.320. The molecule has 0 radical (unpaired) electrons. The van der Waals surface area contributed by atoms with Crippen molar-refractivity contribution >= 4 is 23.2 Å². The van der Waals surface area contributed by atoms with Gasteiger partial charge in [0.05, 0.1) is 0 Å². The van der Waals surface area contributed by atoms with E-state index < -0.39 is 0 Å². The van der Waals surface area contributed by atoms with Crippen molar-refractivity contribution in [1.29, 1.82) is 0 Å². The molecule has 0 rings (SSSR count). The van der Waals surface area contributed by atoms with Gasteiger partial charge >= 0.3 is 0 Å². The molecular formula is C10H18Cl2. The van der Waals surface area contributed by atoms with Crippen molar-refractivity contribution in [3.8, 4) is 0 Å². The van der Waals surface area contributed by atoms with Crippen LogP contribution in [0.3, 0.4) is 0 Å². The van der Waals surface area contributed by atoms with Crippen LogP contribution < -0.4 is 0 Å². The van der Waals surface area contributed by atoms with E-state index in [-0.39, 0.29) is 4.87 Å². The van der Waals surface area contributed by atoms with Crippen molar-refractivity contribution in [1.82, 2.24) is 0 Å². The summed E-state index contributed by atoms with van der Waals surface area (Å²) >= 11 is 11.6. The molecule has 0 amide bonds. The first-order chi connectivity index (χ1) is 5.45. The molecular weight excluding hydrogens is 191 g/mol. The molecule has 0 unspecified atom stereocenters. The maximum absolute atomic E-state index is 6.05. The summed E-state index contributed by atoms with van der Waals surface area (Å²) in [5.41, 5.74) is 1.37. The number of rotatable bonds is 5. The number of allylic oxidation sites excluding steroid dienone is 2. The molecule has 72 valence electrons. The second kappa shape index (κ2) is 5.88. The normalized spacial score (nSPS) is 13.6. The predicted molar refractivity (Wildman–Crippen MR) is 58.3 cm³/mol. The Morgan fingerprint density at radius 2 is 2.00 bits per heavy atom. The highest BCUT2D eigenvalue weighted by Gasteiger charge is 2.11. The van der Waals surface area contributed by atoms with Gasteiger partial charge in [0.25, 0.3) is 0 Å². The molecule has 0 aliphatic heterocycles. The lowest BCUT2D eigenvalue weighted by atomic mass is 10.0. The van der Waals surface area contributed by atoms with Gasteiger partial charge in [-0.1, -0.05) is 11.6 Å². The molecule has 0 aliphatic carbocycles. The Morgan fingerprint density at radius 3 is 2.42 bits per heavy atom. The molecule has 0 N–H and O–H groups in total. The Kier molecular flexibility index (Phi) is 6.04. The highest BCUT2D eigenvalue weighted by Crippen LogP contribution is 2.21. The Morgan fingerprint density at radius 1 is 1.42 bits per heavy atom. The Bertz CT molecular complexity index is 142. The molecule has 0 aromatic rings. The average molecular weight is 209 g/mol. The first kappa shape index (κ1) is 12.3. The predicted octanol–water partition coefficient (Wildman–Crippen LogP) is 4.36. The zero-order chi connectivity index (χ0) is 9.61. The van der Waals surface area contributed by atoms with Crippen molar-refractivity contribution in [3.63, 3.8) is 0 Å². The summed E-state index contributed by atoms with van der Waals surface area (Å²) in [4.78, 5) is -0.0543.